The van der Waals surface area contributed by atoms with E-state index in [9.17, 15) is 9.59 Å². The number of benzene rings is 1. The number of hydrogen-bond donors (Lipinski definition) is 0. The van der Waals surface area contributed by atoms with Gasteiger partial charge < -0.3 is 4.90 Å². The van der Waals surface area contributed by atoms with Crippen molar-refractivity contribution in [2.24, 2.45) is 5.10 Å². The van der Waals surface area contributed by atoms with Crippen molar-refractivity contribution in [2.75, 3.05) is 7.05 Å². The highest BCUT2D eigenvalue weighted by Crippen LogP contribution is 2.15. The van der Waals surface area contributed by atoms with Gasteiger partial charge in [-0.15, -0.1) is 0 Å². The molecule has 0 spiro atoms. The molecule has 0 bridgehead atoms. The molecule has 0 N–H and O–H groups in total. The van der Waals surface area contributed by atoms with Gasteiger partial charge in [-0.05, 0) is 12.5 Å². The number of hydrogen-bond acceptors (Lipinski definition) is 4. The summed E-state index contributed by atoms with van der Waals surface area (Å²) >= 11 is 0. The van der Waals surface area contributed by atoms with Crippen LogP contribution in [0.2, 0.25) is 0 Å². The SMILES string of the molecule is CC(CC#N)N(C)C(=O)C1=NN(Cc2ccccc2)C(=O)CC1. The summed E-state index contributed by atoms with van der Waals surface area (Å²) in [6.45, 7) is 2.17. The molecule has 0 aliphatic carbocycles. The zero-order valence-electron chi connectivity index (χ0n) is 13.4. The van der Waals surface area contributed by atoms with Crippen LogP contribution in [0, 0.1) is 11.3 Å². The lowest BCUT2D eigenvalue weighted by atomic mass is 10.1. The van der Waals surface area contributed by atoms with E-state index in [2.05, 4.69) is 11.2 Å². The zero-order chi connectivity index (χ0) is 16.8. The summed E-state index contributed by atoms with van der Waals surface area (Å²) < 4.78 is 0. The van der Waals surface area contributed by atoms with E-state index < -0.39 is 0 Å². The van der Waals surface area contributed by atoms with E-state index in [1.807, 2.05) is 37.3 Å². The van der Waals surface area contributed by atoms with Crippen molar-refractivity contribution in [3.05, 3.63) is 35.9 Å². The molecule has 2 rings (SSSR count). The molecular weight excluding hydrogens is 292 g/mol. The number of carbonyl (C=O) groups excluding carboxylic acids is 2. The Balaban J connectivity index is 2.13. The van der Waals surface area contributed by atoms with Gasteiger partial charge in [-0.2, -0.15) is 10.4 Å². The van der Waals surface area contributed by atoms with E-state index >= 15 is 0 Å². The second-order valence-corrected chi connectivity index (χ2v) is 5.61. The third-order valence-corrected chi connectivity index (χ3v) is 3.90. The largest absolute Gasteiger partial charge is 0.337 e. The third kappa shape index (κ3) is 4.16. The lowest BCUT2D eigenvalue weighted by molar-refractivity contribution is -0.132. The number of carbonyl (C=O) groups is 2. The summed E-state index contributed by atoms with van der Waals surface area (Å²) in [6, 6.07) is 11.4. The smallest absolute Gasteiger partial charge is 0.270 e. The van der Waals surface area contributed by atoms with Gasteiger partial charge in [-0.1, -0.05) is 30.3 Å². The number of hydrazone groups is 1. The molecule has 1 heterocycles. The normalized spacial score (nSPS) is 15.6. The molecule has 1 aromatic rings. The predicted molar refractivity (Wildman–Crippen MR) is 86.1 cm³/mol. The summed E-state index contributed by atoms with van der Waals surface area (Å²) in [5.74, 6) is -0.309. The molecule has 120 valence electrons. The summed E-state index contributed by atoms with van der Waals surface area (Å²) in [4.78, 5) is 26.0. The molecular formula is C17H20N4O2. The van der Waals surface area contributed by atoms with E-state index in [0.717, 1.165) is 5.56 Å². The van der Waals surface area contributed by atoms with Crippen molar-refractivity contribution < 1.29 is 9.59 Å². The van der Waals surface area contributed by atoms with Gasteiger partial charge in [0.15, 0.2) is 0 Å². The van der Waals surface area contributed by atoms with Gasteiger partial charge in [0.25, 0.3) is 5.91 Å². The van der Waals surface area contributed by atoms with E-state index in [1.54, 1.807) is 7.05 Å². The van der Waals surface area contributed by atoms with Crippen LogP contribution in [0.1, 0.15) is 31.7 Å². The first-order valence-corrected chi connectivity index (χ1v) is 7.58. The molecule has 6 nitrogen and oxygen atoms in total. The maximum absolute atomic E-state index is 12.5. The van der Waals surface area contributed by atoms with Crippen molar-refractivity contribution in [1.29, 1.82) is 5.26 Å². The van der Waals surface area contributed by atoms with Crippen LogP contribution in [0.15, 0.2) is 35.4 Å². The fourth-order valence-corrected chi connectivity index (χ4v) is 2.31. The van der Waals surface area contributed by atoms with Crippen molar-refractivity contribution in [3.63, 3.8) is 0 Å². The van der Waals surface area contributed by atoms with Crippen LogP contribution >= 0.6 is 0 Å². The summed E-state index contributed by atoms with van der Waals surface area (Å²) in [5.41, 5.74) is 1.33. The summed E-state index contributed by atoms with van der Waals surface area (Å²) in [5, 5.41) is 14.4. The van der Waals surface area contributed by atoms with E-state index in [-0.39, 0.29) is 30.7 Å². The van der Waals surface area contributed by atoms with Gasteiger partial charge in [0, 0.05) is 25.9 Å². The molecule has 1 unspecified atom stereocenters. The van der Waals surface area contributed by atoms with Gasteiger partial charge in [0.1, 0.15) is 5.71 Å². The maximum atomic E-state index is 12.5. The van der Waals surface area contributed by atoms with E-state index in [0.29, 0.717) is 18.7 Å². The fraction of sp³-hybridized carbons (Fsp3) is 0.412. The number of rotatable bonds is 5. The quantitative estimate of drug-likeness (QED) is 0.833. The molecule has 0 radical (unpaired) electrons. The van der Waals surface area contributed by atoms with Crippen molar-refractivity contribution in [3.8, 4) is 6.07 Å². The molecule has 1 aliphatic rings. The Bertz CT molecular complexity index is 648. The van der Waals surface area contributed by atoms with Crippen molar-refractivity contribution in [2.45, 2.75) is 38.8 Å². The average Bonchev–Trinajstić information content (AvgIpc) is 2.56. The highest BCUT2D eigenvalue weighted by Gasteiger charge is 2.27. The van der Waals surface area contributed by atoms with Gasteiger partial charge in [-0.3, -0.25) is 9.59 Å². The van der Waals surface area contributed by atoms with Crippen molar-refractivity contribution >= 4 is 17.5 Å². The van der Waals surface area contributed by atoms with Crippen molar-refractivity contribution in [1.82, 2.24) is 9.91 Å². The van der Waals surface area contributed by atoms with Crippen LogP contribution < -0.4 is 0 Å². The Kier molecular flexibility index (Phi) is 5.47. The van der Waals surface area contributed by atoms with Crippen LogP contribution in [0.5, 0.6) is 0 Å². The minimum Gasteiger partial charge on any atom is -0.337 e. The predicted octanol–water partition coefficient (Wildman–Crippen LogP) is 1.93. The Morgan fingerprint density at radius 3 is 2.74 bits per heavy atom. The molecule has 0 aromatic heterocycles. The topological polar surface area (TPSA) is 76.8 Å². The molecule has 1 aromatic carbocycles. The highest BCUT2D eigenvalue weighted by molar-refractivity contribution is 6.39. The summed E-state index contributed by atoms with van der Waals surface area (Å²) in [6.07, 6.45) is 0.882. The molecule has 1 atom stereocenters. The minimum atomic E-state index is -0.224. The molecule has 1 aliphatic heterocycles. The van der Waals surface area contributed by atoms with Crippen LogP contribution in [0.3, 0.4) is 0 Å². The standard InChI is InChI=1S/C17H20N4O2/c1-13(10-11-18)20(2)17(23)15-8-9-16(22)21(19-15)12-14-6-4-3-5-7-14/h3-7,13H,8-10,12H2,1-2H3. The van der Waals surface area contributed by atoms with Gasteiger partial charge in [0.05, 0.1) is 19.0 Å². The third-order valence-electron chi connectivity index (χ3n) is 3.90. The first kappa shape index (κ1) is 16.7. The Hall–Kier alpha value is -2.68. The lowest BCUT2D eigenvalue weighted by Crippen LogP contribution is -2.43. The molecule has 2 amide bonds. The second-order valence-electron chi connectivity index (χ2n) is 5.61. The molecule has 23 heavy (non-hydrogen) atoms. The average molecular weight is 312 g/mol. The van der Waals surface area contributed by atoms with Gasteiger partial charge in [-0.25, -0.2) is 5.01 Å². The van der Waals surface area contributed by atoms with E-state index in [1.165, 1.54) is 9.91 Å². The first-order valence-electron chi connectivity index (χ1n) is 7.58. The Morgan fingerprint density at radius 2 is 2.09 bits per heavy atom. The van der Waals surface area contributed by atoms with Gasteiger partial charge >= 0.3 is 0 Å². The van der Waals surface area contributed by atoms with Crippen LogP contribution in [-0.2, 0) is 16.1 Å². The van der Waals surface area contributed by atoms with Gasteiger partial charge in [0.2, 0.25) is 5.91 Å². The monoisotopic (exact) mass is 312 g/mol. The molecule has 0 saturated heterocycles. The minimum absolute atomic E-state index is 0.0851. The number of nitriles is 1. The number of amides is 2. The molecule has 6 heteroatoms. The zero-order valence-corrected chi connectivity index (χ0v) is 13.4. The van der Waals surface area contributed by atoms with Crippen LogP contribution in [0.25, 0.3) is 0 Å². The highest BCUT2D eigenvalue weighted by atomic mass is 16.2. The maximum Gasteiger partial charge on any atom is 0.270 e. The Morgan fingerprint density at radius 1 is 1.39 bits per heavy atom. The molecule has 0 saturated carbocycles. The second kappa shape index (κ2) is 7.54. The number of nitrogens with zero attached hydrogens (tertiary/aromatic N) is 4. The van der Waals surface area contributed by atoms with E-state index in [4.69, 9.17) is 5.26 Å². The van der Waals surface area contributed by atoms with Crippen LogP contribution in [-0.4, -0.2) is 40.5 Å². The first-order chi connectivity index (χ1) is 11.0. The lowest BCUT2D eigenvalue weighted by Gasteiger charge is -2.27. The molecule has 0 fully saturated rings. The summed E-state index contributed by atoms with van der Waals surface area (Å²) in [7, 11) is 1.66. The fourth-order valence-electron chi connectivity index (χ4n) is 2.31. The van der Waals surface area contributed by atoms with Crippen LogP contribution in [0.4, 0.5) is 0 Å². The Labute approximate surface area is 136 Å².